The second-order valence-corrected chi connectivity index (χ2v) is 4.88. The summed E-state index contributed by atoms with van der Waals surface area (Å²) in [6.45, 7) is 3.35. The number of carbonyl (C=O) groups excluding carboxylic acids is 3. The lowest BCUT2D eigenvalue weighted by Gasteiger charge is -2.33. The number of esters is 1. The molecule has 1 fully saturated rings. The molecule has 1 aliphatic rings. The Balaban J connectivity index is 1.75. The SMILES string of the molecule is CCOC(=O)N1CCN(C(=O)COC(=O)c2ccncc2)CC1. The van der Waals surface area contributed by atoms with Crippen molar-refractivity contribution in [1.29, 1.82) is 0 Å². The van der Waals surface area contributed by atoms with Crippen molar-refractivity contribution in [2.45, 2.75) is 6.92 Å². The fourth-order valence-electron chi connectivity index (χ4n) is 2.14. The molecule has 23 heavy (non-hydrogen) atoms. The Morgan fingerprint density at radius 3 is 2.26 bits per heavy atom. The molecule has 1 aliphatic heterocycles. The fraction of sp³-hybridized carbons (Fsp3) is 0.467. The van der Waals surface area contributed by atoms with Crippen molar-refractivity contribution >= 4 is 18.0 Å². The van der Waals surface area contributed by atoms with Gasteiger partial charge in [0.2, 0.25) is 0 Å². The molecule has 1 aromatic heterocycles. The molecule has 0 saturated carbocycles. The first-order valence-electron chi connectivity index (χ1n) is 7.38. The third-order valence-electron chi connectivity index (χ3n) is 3.40. The Morgan fingerprint density at radius 2 is 1.65 bits per heavy atom. The molecule has 2 heterocycles. The minimum absolute atomic E-state index is 0.282. The molecule has 1 saturated heterocycles. The lowest BCUT2D eigenvalue weighted by atomic mass is 10.3. The Hall–Kier alpha value is -2.64. The average molecular weight is 321 g/mol. The van der Waals surface area contributed by atoms with Gasteiger partial charge in [-0.05, 0) is 19.1 Å². The highest BCUT2D eigenvalue weighted by Gasteiger charge is 2.25. The van der Waals surface area contributed by atoms with Crippen molar-refractivity contribution in [2.24, 2.45) is 0 Å². The minimum Gasteiger partial charge on any atom is -0.452 e. The van der Waals surface area contributed by atoms with E-state index in [1.54, 1.807) is 16.7 Å². The molecule has 8 heteroatoms. The number of aromatic nitrogens is 1. The average Bonchev–Trinajstić information content (AvgIpc) is 2.60. The summed E-state index contributed by atoms with van der Waals surface area (Å²) >= 11 is 0. The normalized spacial score (nSPS) is 14.3. The monoisotopic (exact) mass is 321 g/mol. The summed E-state index contributed by atoms with van der Waals surface area (Å²) in [7, 11) is 0. The number of nitrogens with zero attached hydrogens (tertiary/aromatic N) is 3. The zero-order valence-corrected chi connectivity index (χ0v) is 12.9. The van der Waals surface area contributed by atoms with Crippen LogP contribution < -0.4 is 0 Å². The van der Waals surface area contributed by atoms with Gasteiger partial charge in [-0.25, -0.2) is 9.59 Å². The van der Waals surface area contributed by atoms with Crippen molar-refractivity contribution in [1.82, 2.24) is 14.8 Å². The van der Waals surface area contributed by atoms with Crippen LogP contribution in [0.15, 0.2) is 24.5 Å². The van der Waals surface area contributed by atoms with Crippen molar-refractivity contribution in [3.8, 4) is 0 Å². The highest BCUT2D eigenvalue weighted by atomic mass is 16.6. The van der Waals surface area contributed by atoms with Gasteiger partial charge in [0.05, 0.1) is 12.2 Å². The Kier molecular flexibility index (Phi) is 5.90. The van der Waals surface area contributed by atoms with E-state index in [1.165, 1.54) is 24.5 Å². The number of hydrogen-bond acceptors (Lipinski definition) is 6. The van der Waals surface area contributed by atoms with Gasteiger partial charge in [0.15, 0.2) is 6.61 Å². The Morgan fingerprint density at radius 1 is 1.04 bits per heavy atom. The van der Waals surface area contributed by atoms with Gasteiger partial charge >= 0.3 is 12.1 Å². The van der Waals surface area contributed by atoms with Gasteiger partial charge in [-0.2, -0.15) is 0 Å². The smallest absolute Gasteiger partial charge is 0.409 e. The van der Waals surface area contributed by atoms with Crippen LogP contribution in [-0.4, -0.2) is 72.1 Å². The molecule has 0 spiro atoms. The zero-order chi connectivity index (χ0) is 16.7. The third kappa shape index (κ3) is 4.67. The van der Waals surface area contributed by atoms with Gasteiger partial charge in [0, 0.05) is 38.6 Å². The van der Waals surface area contributed by atoms with E-state index in [-0.39, 0.29) is 18.6 Å². The number of amides is 2. The molecule has 2 amide bonds. The molecule has 1 aromatic rings. The number of ether oxygens (including phenoxy) is 2. The predicted octanol–water partition coefficient (Wildman–Crippen LogP) is 0.539. The molecule has 0 aliphatic carbocycles. The maximum Gasteiger partial charge on any atom is 0.409 e. The Labute approximate surface area is 134 Å². The van der Waals surface area contributed by atoms with E-state index in [1.807, 2.05) is 0 Å². The molecule has 0 bridgehead atoms. The van der Waals surface area contributed by atoms with Gasteiger partial charge in [-0.3, -0.25) is 9.78 Å². The van der Waals surface area contributed by atoms with Crippen LogP contribution >= 0.6 is 0 Å². The number of carbonyl (C=O) groups is 3. The van der Waals surface area contributed by atoms with Crippen molar-refractivity contribution in [2.75, 3.05) is 39.4 Å². The van der Waals surface area contributed by atoms with E-state index >= 15 is 0 Å². The molecule has 0 atom stereocenters. The summed E-state index contributed by atoms with van der Waals surface area (Å²) < 4.78 is 9.91. The largest absolute Gasteiger partial charge is 0.452 e. The van der Waals surface area contributed by atoms with Crippen molar-refractivity contribution < 1.29 is 23.9 Å². The molecule has 124 valence electrons. The van der Waals surface area contributed by atoms with E-state index < -0.39 is 5.97 Å². The second kappa shape index (κ2) is 8.11. The van der Waals surface area contributed by atoms with Crippen LogP contribution in [0.4, 0.5) is 4.79 Å². The van der Waals surface area contributed by atoms with Gasteiger partial charge < -0.3 is 19.3 Å². The van der Waals surface area contributed by atoms with E-state index in [0.717, 1.165) is 0 Å². The maximum atomic E-state index is 12.0. The van der Waals surface area contributed by atoms with Gasteiger partial charge in [0.25, 0.3) is 5.91 Å². The first kappa shape index (κ1) is 16.7. The van der Waals surface area contributed by atoms with Crippen LogP contribution in [0.1, 0.15) is 17.3 Å². The number of hydrogen-bond donors (Lipinski definition) is 0. The highest BCUT2D eigenvalue weighted by molar-refractivity contribution is 5.91. The number of rotatable bonds is 4. The van der Waals surface area contributed by atoms with Crippen molar-refractivity contribution in [3.05, 3.63) is 30.1 Å². The summed E-state index contributed by atoms with van der Waals surface area (Å²) in [5, 5.41) is 0. The molecular formula is C15H19N3O5. The van der Waals surface area contributed by atoms with E-state index in [4.69, 9.17) is 9.47 Å². The fourth-order valence-corrected chi connectivity index (χ4v) is 2.14. The number of piperazine rings is 1. The molecule has 0 aromatic carbocycles. The van der Waals surface area contributed by atoms with Crippen LogP contribution in [-0.2, 0) is 14.3 Å². The predicted molar refractivity (Wildman–Crippen MR) is 79.7 cm³/mol. The van der Waals surface area contributed by atoms with Crippen LogP contribution in [0, 0.1) is 0 Å². The quantitative estimate of drug-likeness (QED) is 0.752. The van der Waals surface area contributed by atoms with Crippen LogP contribution in [0.25, 0.3) is 0 Å². The van der Waals surface area contributed by atoms with Gasteiger partial charge in [-0.15, -0.1) is 0 Å². The van der Waals surface area contributed by atoms with Crippen LogP contribution in [0.5, 0.6) is 0 Å². The molecule has 0 unspecified atom stereocenters. The summed E-state index contributed by atoms with van der Waals surface area (Å²) in [6.07, 6.45) is 2.59. The third-order valence-corrected chi connectivity index (χ3v) is 3.40. The Bertz CT molecular complexity index is 555. The minimum atomic E-state index is -0.564. The van der Waals surface area contributed by atoms with Crippen molar-refractivity contribution in [3.63, 3.8) is 0 Å². The van der Waals surface area contributed by atoms with Gasteiger partial charge in [0.1, 0.15) is 0 Å². The maximum absolute atomic E-state index is 12.0. The van der Waals surface area contributed by atoms with E-state index in [2.05, 4.69) is 4.98 Å². The lowest BCUT2D eigenvalue weighted by Crippen LogP contribution is -2.51. The molecule has 0 N–H and O–H groups in total. The van der Waals surface area contributed by atoms with E-state index in [0.29, 0.717) is 38.3 Å². The summed E-state index contributed by atoms with van der Waals surface area (Å²) in [5.41, 5.74) is 0.347. The topological polar surface area (TPSA) is 89.0 Å². The number of pyridine rings is 1. The molecule has 2 rings (SSSR count). The van der Waals surface area contributed by atoms with E-state index in [9.17, 15) is 14.4 Å². The highest BCUT2D eigenvalue weighted by Crippen LogP contribution is 2.05. The molecular weight excluding hydrogens is 302 g/mol. The summed E-state index contributed by atoms with van der Waals surface area (Å²) in [5.74, 6) is -0.846. The lowest BCUT2D eigenvalue weighted by molar-refractivity contribution is -0.136. The summed E-state index contributed by atoms with van der Waals surface area (Å²) in [4.78, 5) is 42.3. The standard InChI is InChI=1S/C15H19N3O5/c1-2-22-15(21)18-9-7-17(8-10-18)13(19)11-23-14(20)12-3-5-16-6-4-12/h3-6H,2,7-11H2,1H3. The molecule has 8 nitrogen and oxygen atoms in total. The van der Waals surface area contributed by atoms with Crippen LogP contribution in [0.3, 0.4) is 0 Å². The van der Waals surface area contributed by atoms with Crippen LogP contribution in [0.2, 0.25) is 0 Å². The zero-order valence-electron chi connectivity index (χ0n) is 12.9. The second-order valence-electron chi connectivity index (χ2n) is 4.88. The van der Waals surface area contributed by atoms with Gasteiger partial charge in [-0.1, -0.05) is 0 Å². The first-order valence-corrected chi connectivity index (χ1v) is 7.38. The molecule has 0 radical (unpaired) electrons. The first-order chi connectivity index (χ1) is 11.1. The summed E-state index contributed by atoms with van der Waals surface area (Å²) in [6, 6.07) is 3.04.